The van der Waals surface area contributed by atoms with E-state index in [-0.39, 0.29) is 5.56 Å². The molecule has 0 fully saturated rings. The largest absolute Gasteiger partial charge is 0.457 e. The van der Waals surface area contributed by atoms with Crippen molar-refractivity contribution in [2.75, 3.05) is 5.32 Å². The van der Waals surface area contributed by atoms with Gasteiger partial charge in [0.2, 0.25) is 0 Å². The number of nitrogens with one attached hydrogen (secondary N) is 1. The molecule has 3 aromatic rings. The lowest BCUT2D eigenvalue weighted by molar-refractivity contribution is 0.102. The Morgan fingerprint density at radius 3 is 2.12 bits per heavy atom. The minimum Gasteiger partial charge on any atom is -0.457 e. The summed E-state index contributed by atoms with van der Waals surface area (Å²) in [7, 11) is 0. The molecule has 0 aliphatic carbocycles. The molecule has 3 aromatic carbocycles. The van der Waals surface area contributed by atoms with E-state index in [0.717, 1.165) is 12.1 Å². The molecule has 24 heavy (non-hydrogen) atoms. The molecule has 0 bridgehead atoms. The maximum Gasteiger partial charge on any atom is 0.255 e. The van der Waals surface area contributed by atoms with Gasteiger partial charge in [-0.2, -0.15) is 0 Å². The van der Waals surface area contributed by atoms with Crippen LogP contribution in [0.4, 0.5) is 14.5 Å². The molecule has 0 radical (unpaired) electrons. The van der Waals surface area contributed by atoms with Crippen LogP contribution >= 0.6 is 0 Å². The molecule has 0 aliphatic heterocycles. The first-order valence-corrected chi connectivity index (χ1v) is 7.21. The van der Waals surface area contributed by atoms with Crippen molar-refractivity contribution in [3.63, 3.8) is 0 Å². The van der Waals surface area contributed by atoms with E-state index in [0.29, 0.717) is 17.2 Å². The van der Waals surface area contributed by atoms with Crippen molar-refractivity contribution in [2.24, 2.45) is 0 Å². The van der Waals surface area contributed by atoms with Crippen LogP contribution in [0.5, 0.6) is 11.5 Å². The normalized spacial score (nSPS) is 10.2. The maximum absolute atomic E-state index is 13.2. The van der Waals surface area contributed by atoms with Crippen LogP contribution in [0.25, 0.3) is 0 Å². The molecule has 0 atom stereocenters. The van der Waals surface area contributed by atoms with Gasteiger partial charge in [0, 0.05) is 11.3 Å². The van der Waals surface area contributed by atoms with Crippen molar-refractivity contribution in [2.45, 2.75) is 0 Å². The van der Waals surface area contributed by atoms with E-state index in [1.165, 1.54) is 6.07 Å². The number of para-hydroxylation sites is 1. The molecule has 1 amide bonds. The highest BCUT2D eigenvalue weighted by atomic mass is 19.2. The first-order chi connectivity index (χ1) is 11.6. The fourth-order valence-corrected chi connectivity index (χ4v) is 2.07. The molecule has 0 heterocycles. The summed E-state index contributed by atoms with van der Waals surface area (Å²) in [5, 5.41) is 2.61. The lowest BCUT2D eigenvalue weighted by Crippen LogP contribution is -2.12. The third-order valence-corrected chi connectivity index (χ3v) is 3.27. The highest BCUT2D eigenvalue weighted by Crippen LogP contribution is 2.23. The van der Waals surface area contributed by atoms with E-state index < -0.39 is 17.5 Å². The van der Waals surface area contributed by atoms with Gasteiger partial charge in [0.05, 0.1) is 0 Å². The van der Waals surface area contributed by atoms with Gasteiger partial charge in [0.15, 0.2) is 11.6 Å². The number of hydrogen-bond donors (Lipinski definition) is 1. The second-order valence-corrected chi connectivity index (χ2v) is 5.02. The lowest BCUT2D eigenvalue weighted by Gasteiger charge is -2.08. The Hall–Kier alpha value is -3.21. The SMILES string of the molecule is O=C(Nc1ccc(Oc2ccccc2)cc1)c1ccc(F)c(F)c1. The summed E-state index contributed by atoms with van der Waals surface area (Å²) < 4.78 is 31.7. The maximum atomic E-state index is 13.2. The molecule has 0 saturated carbocycles. The molecule has 0 saturated heterocycles. The number of benzene rings is 3. The molecule has 1 N–H and O–H groups in total. The zero-order chi connectivity index (χ0) is 16.9. The number of amides is 1. The van der Waals surface area contributed by atoms with Gasteiger partial charge < -0.3 is 10.1 Å². The number of anilines is 1. The summed E-state index contributed by atoms with van der Waals surface area (Å²) in [5.74, 6) is -1.25. The Balaban J connectivity index is 1.67. The van der Waals surface area contributed by atoms with Gasteiger partial charge in [-0.15, -0.1) is 0 Å². The number of halogens is 2. The number of carbonyl (C=O) groups is 1. The fraction of sp³-hybridized carbons (Fsp3) is 0. The van der Waals surface area contributed by atoms with E-state index in [1.807, 2.05) is 30.3 Å². The summed E-state index contributed by atoms with van der Waals surface area (Å²) in [6.07, 6.45) is 0. The highest BCUT2D eigenvalue weighted by molar-refractivity contribution is 6.04. The molecule has 0 aromatic heterocycles. The molecule has 0 spiro atoms. The summed E-state index contributed by atoms with van der Waals surface area (Å²) in [6, 6.07) is 19.0. The van der Waals surface area contributed by atoms with Gasteiger partial charge in [-0.25, -0.2) is 8.78 Å². The van der Waals surface area contributed by atoms with E-state index in [2.05, 4.69) is 5.32 Å². The first kappa shape index (κ1) is 15.7. The molecule has 0 aliphatic rings. The van der Waals surface area contributed by atoms with Gasteiger partial charge in [-0.05, 0) is 54.6 Å². The van der Waals surface area contributed by atoms with Crippen LogP contribution in [0.15, 0.2) is 72.8 Å². The summed E-state index contributed by atoms with van der Waals surface area (Å²) >= 11 is 0. The third-order valence-electron chi connectivity index (χ3n) is 3.27. The van der Waals surface area contributed by atoms with Crippen molar-refractivity contribution in [1.29, 1.82) is 0 Å². The van der Waals surface area contributed by atoms with Crippen LogP contribution in [-0.2, 0) is 0 Å². The quantitative estimate of drug-likeness (QED) is 0.732. The Kier molecular flexibility index (Phi) is 4.52. The van der Waals surface area contributed by atoms with Crippen LogP contribution in [0.3, 0.4) is 0 Å². The molecule has 5 heteroatoms. The predicted molar refractivity (Wildman–Crippen MR) is 87.3 cm³/mol. The van der Waals surface area contributed by atoms with Gasteiger partial charge in [0.25, 0.3) is 5.91 Å². The molecular formula is C19H13F2NO2. The van der Waals surface area contributed by atoms with Crippen LogP contribution in [0.1, 0.15) is 10.4 Å². The summed E-state index contributed by atoms with van der Waals surface area (Å²) in [6.45, 7) is 0. The minimum atomic E-state index is -1.06. The molecule has 0 unspecified atom stereocenters. The van der Waals surface area contributed by atoms with E-state index in [9.17, 15) is 13.6 Å². The standard InChI is InChI=1S/C19H13F2NO2/c20-17-11-6-13(12-18(17)21)19(23)22-14-7-9-16(10-8-14)24-15-4-2-1-3-5-15/h1-12H,(H,22,23). The lowest BCUT2D eigenvalue weighted by atomic mass is 10.2. The average Bonchev–Trinajstić information content (AvgIpc) is 2.60. The molecule has 3 rings (SSSR count). The van der Waals surface area contributed by atoms with Crippen molar-refractivity contribution in [3.8, 4) is 11.5 Å². The monoisotopic (exact) mass is 325 g/mol. The first-order valence-electron chi connectivity index (χ1n) is 7.21. The topological polar surface area (TPSA) is 38.3 Å². The van der Waals surface area contributed by atoms with Crippen molar-refractivity contribution < 1.29 is 18.3 Å². The van der Waals surface area contributed by atoms with Crippen LogP contribution < -0.4 is 10.1 Å². The van der Waals surface area contributed by atoms with Gasteiger partial charge in [0.1, 0.15) is 11.5 Å². The van der Waals surface area contributed by atoms with E-state index in [4.69, 9.17) is 4.74 Å². The number of rotatable bonds is 4. The smallest absolute Gasteiger partial charge is 0.255 e. The summed E-state index contributed by atoms with van der Waals surface area (Å²) in [5.41, 5.74) is 0.559. The average molecular weight is 325 g/mol. The zero-order valence-corrected chi connectivity index (χ0v) is 12.5. The number of ether oxygens (including phenoxy) is 1. The van der Waals surface area contributed by atoms with Crippen LogP contribution in [0, 0.1) is 11.6 Å². The van der Waals surface area contributed by atoms with Crippen molar-refractivity contribution in [3.05, 3.63) is 90.0 Å². The third kappa shape index (κ3) is 3.76. The minimum absolute atomic E-state index is 0.0403. The second kappa shape index (κ2) is 6.91. The van der Waals surface area contributed by atoms with E-state index in [1.54, 1.807) is 24.3 Å². The fourth-order valence-electron chi connectivity index (χ4n) is 2.07. The summed E-state index contributed by atoms with van der Waals surface area (Å²) in [4.78, 5) is 12.0. The molecule has 3 nitrogen and oxygen atoms in total. The number of carbonyl (C=O) groups excluding carboxylic acids is 1. The highest BCUT2D eigenvalue weighted by Gasteiger charge is 2.10. The van der Waals surface area contributed by atoms with Crippen molar-refractivity contribution in [1.82, 2.24) is 0 Å². The van der Waals surface area contributed by atoms with Gasteiger partial charge in [-0.3, -0.25) is 4.79 Å². The van der Waals surface area contributed by atoms with Crippen LogP contribution in [-0.4, -0.2) is 5.91 Å². The van der Waals surface area contributed by atoms with Gasteiger partial charge >= 0.3 is 0 Å². The Labute approximate surface area is 137 Å². The second-order valence-electron chi connectivity index (χ2n) is 5.02. The Morgan fingerprint density at radius 2 is 1.46 bits per heavy atom. The predicted octanol–water partition coefficient (Wildman–Crippen LogP) is 5.01. The zero-order valence-electron chi connectivity index (χ0n) is 12.5. The number of hydrogen-bond acceptors (Lipinski definition) is 2. The Bertz CT molecular complexity index is 849. The Morgan fingerprint density at radius 1 is 0.792 bits per heavy atom. The molecule has 120 valence electrons. The van der Waals surface area contributed by atoms with Gasteiger partial charge in [-0.1, -0.05) is 18.2 Å². The van der Waals surface area contributed by atoms with E-state index >= 15 is 0 Å². The van der Waals surface area contributed by atoms with Crippen molar-refractivity contribution >= 4 is 11.6 Å². The van der Waals surface area contributed by atoms with Crippen LogP contribution in [0.2, 0.25) is 0 Å². The molecular weight excluding hydrogens is 312 g/mol.